The van der Waals surface area contributed by atoms with Crippen LogP contribution in [0, 0.1) is 0 Å². The normalized spacial score (nSPS) is 11.6. The molecule has 0 aliphatic rings. The van der Waals surface area contributed by atoms with E-state index in [2.05, 4.69) is 84.9 Å². The van der Waals surface area contributed by atoms with Crippen LogP contribution in [-0.2, 0) is 0 Å². The lowest BCUT2D eigenvalue weighted by Crippen LogP contribution is -2.01. The molecule has 0 aliphatic heterocycles. The van der Waals surface area contributed by atoms with Gasteiger partial charge in [-0.05, 0) is 80.7 Å². The Balaban J connectivity index is 1.25. The Morgan fingerprint density at radius 3 is 1.72 bits per heavy atom. The van der Waals surface area contributed by atoms with Crippen LogP contribution in [0.1, 0.15) is 0 Å². The van der Waals surface area contributed by atoms with E-state index >= 15 is 0 Å². The first kappa shape index (κ1) is 26.2. The predicted molar refractivity (Wildman–Crippen MR) is 189 cm³/mol. The Morgan fingerprint density at radius 2 is 0.957 bits per heavy atom. The van der Waals surface area contributed by atoms with Gasteiger partial charge in [0.25, 0.3) is 0 Å². The highest BCUT2D eigenvalue weighted by atomic mass is 16.4. The molecular formula is C43H26O3. The summed E-state index contributed by atoms with van der Waals surface area (Å²) in [6, 6.07) is 53.6. The highest BCUT2D eigenvalue weighted by molar-refractivity contribution is 6.14. The van der Waals surface area contributed by atoms with Crippen molar-refractivity contribution in [2.75, 3.05) is 0 Å². The lowest BCUT2D eigenvalue weighted by Gasteiger charge is -2.13. The number of rotatable bonds is 4. The van der Waals surface area contributed by atoms with Crippen molar-refractivity contribution in [3.63, 3.8) is 0 Å². The van der Waals surface area contributed by atoms with Crippen molar-refractivity contribution in [2.24, 2.45) is 0 Å². The zero-order chi connectivity index (χ0) is 30.6. The van der Waals surface area contributed by atoms with Crippen molar-refractivity contribution in [3.05, 3.63) is 168 Å². The number of benzene rings is 7. The van der Waals surface area contributed by atoms with Crippen LogP contribution in [0.25, 0.3) is 88.2 Å². The van der Waals surface area contributed by atoms with Crippen molar-refractivity contribution in [1.29, 1.82) is 0 Å². The van der Waals surface area contributed by atoms with E-state index in [0.29, 0.717) is 11.0 Å². The second-order valence-corrected chi connectivity index (χ2v) is 11.6. The van der Waals surface area contributed by atoms with Gasteiger partial charge in [0.05, 0.1) is 5.39 Å². The first-order valence-electron chi connectivity index (χ1n) is 15.4. The third-order valence-electron chi connectivity index (χ3n) is 8.91. The molecule has 2 heterocycles. The maximum atomic E-state index is 13.8. The van der Waals surface area contributed by atoms with E-state index < -0.39 is 0 Å². The summed E-state index contributed by atoms with van der Waals surface area (Å²) in [7, 11) is 0. The van der Waals surface area contributed by atoms with Crippen LogP contribution >= 0.6 is 0 Å². The van der Waals surface area contributed by atoms with Crippen molar-refractivity contribution in [2.45, 2.75) is 0 Å². The van der Waals surface area contributed by atoms with Gasteiger partial charge in [-0.15, -0.1) is 0 Å². The molecule has 9 rings (SSSR count). The van der Waals surface area contributed by atoms with E-state index in [1.165, 1.54) is 0 Å². The summed E-state index contributed by atoms with van der Waals surface area (Å²) in [4.78, 5) is 13.8. The molecule has 0 saturated carbocycles. The van der Waals surface area contributed by atoms with E-state index in [9.17, 15) is 4.79 Å². The highest BCUT2D eigenvalue weighted by Gasteiger charge is 2.17. The molecule has 0 N–H and O–H groups in total. The molecule has 46 heavy (non-hydrogen) atoms. The smallest absolute Gasteiger partial charge is 0.344 e. The molecule has 0 bridgehead atoms. The maximum Gasteiger partial charge on any atom is 0.344 e. The van der Waals surface area contributed by atoms with Crippen LogP contribution in [0.3, 0.4) is 0 Å². The minimum Gasteiger partial charge on any atom is -0.456 e. The van der Waals surface area contributed by atoms with Gasteiger partial charge >= 0.3 is 5.63 Å². The molecule has 0 unspecified atom stereocenters. The van der Waals surface area contributed by atoms with Gasteiger partial charge in [-0.1, -0.05) is 121 Å². The third kappa shape index (κ3) is 4.25. The van der Waals surface area contributed by atoms with Gasteiger partial charge in [0.15, 0.2) is 0 Å². The van der Waals surface area contributed by atoms with E-state index in [0.717, 1.165) is 77.2 Å². The van der Waals surface area contributed by atoms with E-state index in [-0.39, 0.29) is 5.63 Å². The van der Waals surface area contributed by atoms with E-state index in [1.54, 1.807) is 0 Å². The third-order valence-corrected chi connectivity index (χ3v) is 8.91. The fourth-order valence-electron chi connectivity index (χ4n) is 6.74. The maximum absolute atomic E-state index is 13.8. The topological polar surface area (TPSA) is 43.4 Å². The summed E-state index contributed by atoms with van der Waals surface area (Å²) < 4.78 is 12.3. The molecule has 9 aromatic rings. The molecule has 216 valence electrons. The minimum atomic E-state index is -0.358. The molecule has 0 saturated heterocycles. The number of hydrogen-bond donors (Lipinski definition) is 0. The summed E-state index contributed by atoms with van der Waals surface area (Å²) in [5.74, 6) is 0. The average Bonchev–Trinajstić information content (AvgIpc) is 3.51. The predicted octanol–water partition coefficient (Wildman–Crippen LogP) is 11.5. The first-order valence-corrected chi connectivity index (χ1v) is 15.4. The molecule has 0 fully saturated rings. The Labute approximate surface area is 264 Å². The lowest BCUT2D eigenvalue weighted by molar-refractivity contribution is 0.570. The molecule has 0 spiro atoms. The van der Waals surface area contributed by atoms with Gasteiger partial charge in [-0.2, -0.15) is 0 Å². The fraction of sp³-hybridized carbons (Fsp3) is 0. The van der Waals surface area contributed by atoms with E-state index in [1.807, 2.05) is 72.8 Å². The molecular weight excluding hydrogens is 564 g/mol. The molecule has 3 heteroatoms. The Hall–Kier alpha value is -6.19. The molecule has 0 atom stereocenters. The number of para-hydroxylation sites is 2. The largest absolute Gasteiger partial charge is 0.456 e. The molecule has 3 nitrogen and oxygen atoms in total. The van der Waals surface area contributed by atoms with Crippen molar-refractivity contribution in [3.8, 4) is 44.5 Å². The zero-order valence-electron chi connectivity index (χ0n) is 24.7. The van der Waals surface area contributed by atoms with Crippen LogP contribution < -0.4 is 5.63 Å². The lowest BCUT2D eigenvalue weighted by atomic mass is 9.92. The number of fused-ring (bicyclic) bond motifs is 6. The quantitative estimate of drug-likeness (QED) is 0.151. The van der Waals surface area contributed by atoms with Gasteiger partial charge < -0.3 is 8.83 Å². The van der Waals surface area contributed by atoms with Gasteiger partial charge in [0.2, 0.25) is 0 Å². The van der Waals surface area contributed by atoms with Crippen molar-refractivity contribution < 1.29 is 8.83 Å². The Kier molecular flexibility index (Phi) is 5.97. The zero-order valence-corrected chi connectivity index (χ0v) is 24.7. The molecule has 7 aromatic carbocycles. The van der Waals surface area contributed by atoms with Gasteiger partial charge in [0.1, 0.15) is 16.7 Å². The van der Waals surface area contributed by atoms with Crippen LogP contribution in [0.5, 0.6) is 0 Å². The second kappa shape index (κ2) is 10.5. The second-order valence-electron chi connectivity index (χ2n) is 11.6. The Bertz CT molecular complexity index is 2590. The van der Waals surface area contributed by atoms with Crippen LogP contribution in [-0.4, -0.2) is 0 Å². The summed E-state index contributed by atoms with van der Waals surface area (Å²) in [6.07, 6.45) is 0. The van der Waals surface area contributed by atoms with Crippen molar-refractivity contribution in [1.82, 2.24) is 0 Å². The van der Waals surface area contributed by atoms with Gasteiger partial charge in [0, 0.05) is 21.7 Å². The molecule has 0 amide bonds. The number of hydrogen-bond acceptors (Lipinski definition) is 3. The summed E-state index contributed by atoms with van der Waals surface area (Å²) in [6.45, 7) is 0. The minimum absolute atomic E-state index is 0.358. The average molecular weight is 591 g/mol. The van der Waals surface area contributed by atoms with Gasteiger partial charge in [-0.25, -0.2) is 4.79 Å². The highest BCUT2D eigenvalue weighted by Crippen LogP contribution is 2.40. The van der Waals surface area contributed by atoms with Crippen LogP contribution in [0.15, 0.2) is 171 Å². The molecule has 2 aromatic heterocycles. The number of furan rings is 1. The first-order chi connectivity index (χ1) is 22.7. The molecule has 0 radical (unpaired) electrons. The fourth-order valence-corrected chi connectivity index (χ4v) is 6.74. The summed E-state index contributed by atoms with van der Waals surface area (Å²) >= 11 is 0. The Morgan fingerprint density at radius 1 is 0.348 bits per heavy atom. The summed E-state index contributed by atoms with van der Waals surface area (Å²) in [5.41, 5.74) is 10.2. The van der Waals surface area contributed by atoms with Crippen LogP contribution in [0.4, 0.5) is 0 Å². The summed E-state index contributed by atoms with van der Waals surface area (Å²) in [5, 5.41) is 4.41. The SMILES string of the molecule is O=c1oc2c(-c3cc(-c4ccccc4)cc(-c4ccccc4)c3)cccc2c2ccc(-c3cccc4oc5ccccc5c34)cc12. The monoisotopic (exact) mass is 590 g/mol. The standard InChI is InChI=1S/C43H26O3/c44-43-38-26-29(33-16-10-20-40-41(33)37-15-7-8-19-39(37)45-40)21-22-35(38)36-18-9-17-34(42(36)46-43)32-24-30(27-11-3-1-4-12-27)23-31(25-32)28-13-5-2-6-14-28/h1-26H. The molecule has 0 aliphatic carbocycles. The van der Waals surface area contributed by atoms with Crippen molar-refractivity contribution >= 4 is 43.7 Å². The van der Waals surface area contributed by atoms with Gasteiger partial charge in [-0.3, -0.25) is 0 Å². The van der Waals surface area contributed by atoms with E-state index in [4.69, 9.17) is 8.83 Å². The van der Waals surface area contributed by atoms with Crippen LogP contribution in [0.2, 0.25) is 0 Å².